The largest absolute Gasteiger partial charge is 0.368 e. The minimum absolute atomic E-state index is 0.0871. The lowest BCUT2D eigenvalue weighted by atomic mass is 10.1. The molecule has 1 saturated heterocycles. The summed E-state index contributed by atoms with van der Waals surface area (Å²) < 4.78 is 0. The molecule has 0 spiro atoms. The first-order valence-electron chi connectivity index (χ1n) is 9.26. The van der Waals surface area contributed by atoms with E-state index < -0.39 is 0 Å². The van der Waals surface area contributed by atoms with Gasteiger partial charge in [-0.3, -0.25) is 0 Å². The van der Waals surface area contributed by atoms with Crippen molar-refractivity contribution in [2.45, 2.75) is 6.92 Å². The Kier molecular flexibility index (Phi) is 6.83. The lowest BCUT2D eigenvalue weighted by Crippen LogP contribution is -2.45. The predicted octanol–water partition coefficient (Wildman–Crippen LogP) is 5.44. The molecule has 2 aromatic rings. The Labute approximate surface area is 181 Å². The Hall–Kier alpha value is -2.92. The van der Waals surface area contributed by atoms with E-state index in [4.69, 9.17) is 33.7 Å². The highest BCUT2D eigenvalue weighted by Gasteiger charge is 2.20. The maximum Gasteiger partial charge on any atom is 0.129 e. The number of anilines is 1. The van der Waals surface area contributed by atoms with Gasteiger partial charge in [0.15, 0.2) is 0 Å². The van der Waals surface area contributed by atoms with Gasteiger partial charge in [-0.2, -0.15) is 10.5 Å². The molecule has 0 unspecified atom stereocenters. The molecule has 29 heavy (non-hydrogen) atoms. The first-order valence-corrected chi connectivity index (χ1v) is 10.0. The minimum atomic E-state index is 0.0871. The van der Waals surface area contributed by atoms with Gasteiger partial charge in [0.2, 0.25) is 0 Å². The van der Waals surface area contributed by atoms with Gasteiger partial charge in [0.1, 0.15) is 17.7 Å². The van der Waals surface area contributed by atoms with Gasteiger partial charge < -0.3 is 9.80 Å². The smallest absolute Gasteiger partial charge is 0.129 e. The number of rotatable bonds is 4. The van der Waals surface area contributed by atoms with Crippen LogP contribution >= 0.6 is 23.2 Å². The first-order chi connectivity index (χ1) is 14.0. The summed E-state index contributed by atoms with van der Waals surface area (Å²) in [6.45, 7) is 5.32. The van der Waals surface area contributed by atoms with Crippen LogP contribution in [0.2, 0.25) is 10.0 Å². The van der Waals surface area contributed by atoms with Gasteiger partial charge in [0.05, 0.1) is 10.0 Å². The molecule has 1 aliphatic heterocycles. The van der Waals surface area contributed by atoms with E-state index in [0.29, 0.717) is 10.0 Å². The van der Waals surface area contributed by atoms with Crippen molar-refractivity contribution in [1.29, 1.82) is 10.5 Å². The van der Waals surface area contributed by atoms with E-state index in [0.717, 1.165) is 43.1 Å². The molecule has 0 radical (unpaired) electrons. The molecule has 0 amide bonds. The van der Waals surface area contributed by atoms with Crippen molar-refractivity contribution in [3.05, 3.63) is 81.4 Å². The zero-order valence-corrected chi connectivity index (χ0v) is 17.6. The number of hydrogen-bond donors (Lipinski definition) is 0. The Morgan fingerprint density at radius 1 is 0.897 bits per heavy atom. The zero-order valence-electron chi connectivity index (χ0n) is 16.1. The molecular weight excluding hydrogens is 403 g/mol. The van der Waals surface area contributed by atoms with E-state index in [-0.39, 0.29) is 5.57 Å². The molecule has 0 N–H and O–H groups in total. The highest BCUT2D eigenvalue weighted by atomic mass is 35.5. The van der Waals surface area contributed by atoms with Crippen LogP contribution in [0.4, 0.5) is 5.69 Å². The highest BCUT2D eigenvalue weighted by molar-refractivity contribution is 6.42. The fraction of sp³-hybridized carbons (Fsp3) is 0.217. The standard InChI is InChI=1S/C23H20Cl2N4/c1-17-2-5-19(6-3-17)23(9-4-18(15-26)16-27)29-12-10-28(11-13-29)20-7-8-21(24)22(25)14-20/h2-9,14H,10-13H2,1H3. The summed E-state index contributed by atoms with van der Waals surface area (Å²) in [6.07, 6.45) is 3.45. The van der Waals surface area contributed by atoms with Gasteiger partial charge in [-0.25, -0.2) is 0 Å². The van der Waals surface area contributed by atoms with Crippen LogP contribution in [0, 0.1) is 29.6 Å². The Bertz CT molecular complexity index is 1000. The van der Waals surface area contributed by atoms with E-state index in [1.165, 1.54) is 5.56 Å². The molecule has 1 heterocycles. The van der Waals surface area contributed by atoms with Crippen molar-refractivity contribution in [1.82, 2.24) is 4.90 Å². The van der Waals surface area contributed by atoms with Crippen LogP contribution in [-0.2, 0) is 0 Å². The summed E-state index contributed by atoms with van der Waals surface area (Å²) >= 11 is 12.2. The molecule has 1 fully saturated rings. The maximum atomic E-state index is 9.05. The summed E-state index contributed by atoms with van der Waals surface area (Å²) in [5.74, 6) is 0. The molecule has 6 heteroatoms. The Morgan fingerprint density at radius 3 is 2.14 bits per heavy atom. The Morgan fingerprint density at radius 2 is 1.55 bits per heavy atom. The summed E-state index contributed by atoms with van der Waals surface area (Å²) in [4.78, 5) is 4.55. The van der Waals surface area contributed by atoms with Crippen LogP contribution in [0.25, 0.3) is 5.70 Å². The van der Waals surface area contributed by atoms with Crippen molar-refractivity contribution in [3.8, 4) is 12.1 Å². The average molecular weight is 423 g/mol. The summed E-state index contributed by atoms with van der Waals surface area (Å²) in [6, 6.07) is 17.8. The SMILES string of the molecule is Cc1ccc(C(=CC=C(C#N)C#N)N2CCN(c3ccc(Cl)c(Cl)c3)CC2)cc1. The highest BCUT2D eigenvalue weighted by Crippen LogP contribution is 2.29. The normalized spacial score (nSPS) is 14.2. The molecule has 0 bridgehead atoms. The van der Waals surface area contributed by atoms with Crippen LogP contribution in [0.15, 0.2) is 60.2 Å². The number of halogens is 2. The molecule has 0 aliphatic carbocycles. The summed E-state index contributed by atoms with van der Waals surface area (Å²) in [7, 11) is 0. The summed E-state index contributed by atoms with van der Waals surface area (Å²) in [5, 5.41) is 19.2. The second-order valence-corrected chi connectivity index (χ2v) is 7.61. The van der Waals surface area contributed by atoms with E-state index in [1.807, 2.05) is 43.3 Å². The minimum Gasteiger partial charge on any atom is -0.368 e. The second kappa shape index (κ2) is 9.52. The van der Waals surface area contributed by atoms with Crippen LogP contribution in [0.1, 0.15) is 11.1 Å². The third-order valence-corrected chi connectivity index (χ3v) is 5.62. The molecule has 1 aliphatic rings. The van der Waals surface area contributed by atoms with Gasteiger partial charge in [0.25, 0.3) is 0 Å². The monoisotopic (exact) mass is 422 g/mol. The fourth-order valence-electron chi connectivity index (χ4n) is 3.26. The van der Waals surface area contributed by atoms with Gasteiger partial charge >= 0.3 is 0 Å². The quantitative estimate of drug-likeness (QED) is 0.486. The molecular formula is C23H20Cl2N4. The van der Waals surface area contributed by atoms with Crippen molar-refractivity contribution >= 4 is 34.6 Å². The third-order valence-electron chi connectivity index (χ3n) is 4.88. The number of piperazine rings is 1. The van der Waals surface area contributed by atoms with Crippen molar-refractivity contribution in [2.75, 3.05) is 31.1 Å². The molecule has 0 atom stereocenters. The number of allylic oxidation sites excluding steroid dienone is 3. The van der Waals surface area contributed by atoms with E-state index in [2.05, 4.69) is 34.1 Å². The molecule has 4 nitrogen and oxygen atoms in total. The number of hydrogen-bond acceptors (Lipinski definition) is 4. The fourth-order valence-corrected chi connectivity index (χ4v) is 3.55. The zero-order chi connectivity index (χ0) is 20.8. The maximum absolute atomic E-state index is 9.05. The van der Waals surface area contributed by atoms with E-state index in [9.17, 15) is 0 Å². The molecule has 146 valence electrons. The second-order valence-electron chi connectivity index (χ2n) is 6.79. The number of benzene rings is 2. The summed E-state index contributed by atoms with van der Waals surface area (Å²) in [5.41, 5.74) is 4.38. The van der Waals surface area contributed by atoms with Crippen LogP contribution in [-0.4, -0.2) is 31.1 Å². The van der Waals surface area contributed by atoms with Gasteiger partial charge in [0, 0.05) is 37.6 Å². The Balaban J connectivity index is 1.82. The molecule has 2 aromatic carbocycles. The first kappa shape index (κ1) is 20.8. The van der Waals surface area contributed by atoms with Gasteiger partial charge in [-0.15, -0.1) is 0 Å². The van der Waals surface area contributed by atoms with Crippen LogP contribution < -0.4 is 4.90 Å². The van der Waals surface area contributed by atoms with Gasteiger partial charge in [-0.1, -0.05) is 53.0 Å². The number of aryl methyl sites for hydroxylation is 1. The van der Waals surface area contributed by atoms with E-state index in [1.54, 1.807) is 6.08 Å². The number of nitrogens with zero attached hydrogens (tertiary/aromatic N) is 4. The average Bonchev–Trinajstić information content (AvgIpc) is 2.74. The number of nitriles is 2. The van der Waals surface area contributed by atoms with Crippen molar-refractivity contribution in [2.24, 2.45) is 0 Å². The van der Waals surface area contributed by atoms with E-state index >= 15 is 0 Å². The predicted molar refractivity (Wildman–Crippen MR) is 119 cm³/mol. The van der Waals surface area contributed by atoms with Crippen LogP contribution in [0.5, 0.6) is 0 Å². The van der Waals surface area contributed by atoms with Gasteiger partial charge in [-0.05, 0) is 42.8 Å². The third kappa shape index (κ3) is 5.12. The van der Waals surface area contributed by atoms with Crippen molar-refractivity contribution in [3.63, 3.8) is 0 Å². The lowest BCUT2D eigenvalue weighted by Gasteiger charge is -2.38. The molecule has 0 saturated carbocycles. The topological polar surface area (TPSA) is 54.1 Å². The molecule has 0 aromatic heterocycles. The molecule has 3 rings (SSSR count). The van der Waals surface area contributed by atoms with Crippen LogP contribution in [0.3, 0.4) is 0 Å². The van der Waals surface area contributed by atoms with Crippen molar-refractivity contribution < 1.29 is 0 Å². The lowest BCUT2D eigenvalue weighted by molar-refractivity contribution is 0.367.